The lowest BCUT2D eigenvalue weighted by molar-refractivity contribution is 0.0698. The fraction of sp³-hybridized carbons (Fsp3) is 0.231. The molecule has 1 amide bonds. The fourth-order valence-corrected chi connectivity index (χ4v) is 2.38. The molecule has 1 aromatic heterocycles. The largest absolute Gasteiger partial charge is 0.497 e. The molecular formula is C13H13N3O4S. The normalized spacial score (nSPS) is 10.2. The molecule has 7 nitrogen and oxygen atoms in total. The monoisotopic (exact) mass is 307 g/mol. The van der Waals surface area contributed by atoms with E-state index in [-0.39, 0.29) is 11.3 Å². The predicted octanol–water partition coefficient (Wildman–Crippen LogP) is 2.06. The van der Waals surface area contributed by atoms with Gasteiger partial charge in [-0.25, -0.2) is 4.79 Å². The molecule has 0 aliphatic carbocycles. The number of benzene rings is 1. The average Bonchev–Trinajstić information content (AvgIpc) is 2.95. The third-order valence-electron chi connectivity index (χ3n) is 2.80. The predicted molar refractivity (Wildman–Crippen MR) is 77.2 cm³/mol. The van der Waals surface area contributed by atoms with Gasteiger partial charge in [0.1, 0.15) is 10.6 Å². The maximum absolute atomic E-state index is 12.2. The second-order valence-corrected chi connectivity index (χ2v) is 4.83. The van der Waals surface area contributed by atoms with Crippen molar-refractivity contribution in [2.75, 3.05) is 12.4 Å². The van der Waals surface area contributed by atoms with E-state index in [9.17, 15) is 9.59 Å². The van der Waals surface area contributed by atoms with Gasteiger partial charge in [0.2, 0.25) is 0 Å². The summed E-state index contributed by atoms with van der Waals surface area (Å²) in [5.41, 5.74) is 0.735. The highest BCUT2D eigenvalue weighted by atomic mass is 32.1. The number of hydrogen-bond donors (Lipinski definition) is 2. The van der Waals surface area contributed by atoms with Gasteiger partial charge in [0.25, 0.3) is 5.91 Å². The number of anilines is 1. The van der Waals surface area contributed by atoms with Gasteiger partial charge in [-0.2, -0.15) is 0 Å². The minimum atomic E-state index is -1.13. The molecule has 21 heavy (non-hydrogen) atoms. The molecule has 0 saturated heterocycles. The van der Waals surface area contributed by atoms with Crippen molar-refractivity contribution in [1.82, 2.24) is 9.59 Å². The lowest BCUT2D eigenvalue weighted by atomic mass is 10.1. The van der Waals surface area contributed by atoms with Crippen molar-refractivity contribution in [3.63, 3.8) is 0 Å². The number of methoxy groups -OCH3 is 1. The van der Waals surface area contributed by atoms with E-state index in [1.807, 2.05) is 6.92 Å². The first kappa shape index (κ1) is 14.9. The van der Waals surface area contributed by atoms with E-state index >= 15 is 0 Å². The summed E-state index contributed by atoms with van der Waals surface area (Å²) in [6, 6.07) is 4.36. The Bertz CT molecular complexity index is 684. The molecule has 0 saturated carbocycles. The van der Waals surface area contributed by atoms with Crippen LogP contribution in [0.2, 0.25) is 0 Å². The summed E-state index contributed by atoms with van der Waals surface area (Å²) in [6.07, 6.45) is 0.573. The molecule has 0 bridgehead atoms. The van der Waals surface area contributed by atoms with Crippen LogP contribution < -0.4 is 10.1 Å². The van der Waals surface area contributed by atoms with Crippen LogP contribution in [0.25, 0.3) is 0 Å². The van der Waals surface area contributed by atoms with Crippen molar-refractivity contribution in [3.05, 3.63) is 34.3 Å². The smallest absolute Gasteiger partial charge is 0.337 e. The highest BCUT2D eigenvalue weighted by Crippen LogP contribution is 2.24. The number of ether oxygens (including phenoxy) is 1. The molecule has 8 heteroatoms. The van der Waals surface area contributed by atoms with Crippen LogP contribution in [0.4, 0.5) is 5.69 Å². The number of aryl methyl sites for hydroxylation is 1. The molecule has 1 heterocycles. The zero-order valence-corrected chi connectivity index (χ0v) is 12.2. The van der Waals surface area contributed by atoms with Crippen molar-refractivity contribution >= 4 is 29.1 Å². The molecule has 0 aliphatic heterocycles. The first-order valence-corrected chi connectivity index (χ1v) is 6.88. The molecule has 0 aliphatic rings. The standard InChI is InChI=1S/C13H13N3O4S/c1-3-9-11(21-16-15-9)12(17)14-10-6-7(20-2)4-5-8(10)13(18)19/h4-6H,3H2,1-2H3,(H,14,17)(H,18,19). The summed E-state index contributed by atoms with van der Waals surface area (Å²) in [4.78, 5) is 23.8. The number of nitrogens with zero attached hydrogens (tertiary/aromatic N) is 2. The van der Waals surface area contributed by atoms with E-state index in [0.717, 1.165) is 11.5 Å². The number of carboxylic acid groups (broad SMARTS) is 1. The van der Waals surface area contributed by atoms with E-state index in [1.165, 1.54) is 25.3 Å². The molecule has 0 atom stereocenters. The first-order valence-electron chi connectivity index (χ1n) is 6.10. The van der Waals surface area contributed by atoms with E-state index < -0.39 is 11.9 Å². The Kier molecular flexibility index (Phi) is 4.49. The zero-order valence-electron chi connectivity index (χ0n) is 11.4. The summed E-state index contributed by atoms with van der Waals surface area (Å²) in [7, 11) is 1.46. The Balaban J connectivity index is 2.34. The molecule has 2 rings (SSSR count). The highest BCUT2D eigenvalue weighted by molar-refractivity contribution is 7.08. The van der Waals surface area contributed by atoms with Gasteiger partial charge in [-0.15, -0.1) is 5.10 Å². The second-order valence-electron chi connectivity index (χ2n) is 4.07. The van der Waals surface area contributed by atoms with E-state index in [1.54, 1.807) is 0 Å². The third kappa shape index (κ3) is 3.16. The van der Waals surface area contributed by atoms with E-state index in [4.69, 9.17) is 9.84 Å². The number of amides is 1. The fourth-order valence-electron chi connectivity index (χ4n) is 1.73. The maximum atomic E-state index is 12.2. The maximum Gasteiger partial charge on any atom is 0.337 e. The van der Waals surface area contributed by atoms with E-state index in [0.29, 0.717) is 22.7 Å². The van der Waals surface area contributed by atoms with Gasteiger partial charge >= 0.3 is 5.97 Å². The quantitative estimate of drug-likeness (QED) is 0.876. The summed E-state index contributed by atoms with van der Waals surface area (Å²) in [5.74, 6) is -1.11. The van der Waals surface area contributed by atoms with Crippen molar-refractivity contribution in [2.45, 2.75) is 13.3 Å². The van der Waals surface area contributed by atoms with Crippen LogP contribution in [0.5, 0.6) is 5.75 Å². The van der Waals surface area contributed by atoms with Crippen LogP contribution >= 0.6 is 11.5 Å². The van der Waals surface area contributed by atoms with Gasteiger partial charge in [-0.05, 0) is 30.1 Å². The molecule has 0 fully saturated rings. The first-order chi connectivity index (χ1) is 10.1. The Morgan fingerprint density at radius 1 is 1.43 bits per heavy atom. The number of nitrogens with one attached hydrogen (secondary N) is 1. The van der Waals surface area contributed by atoms with Crippen molar-refractivity contribution < 1.29 is 19.4 Å². The van der Waals surface area contributed by atoms with Gasteiger partial charge in [-0.3, -0.25) is 4.79 Å². The van der Waals surface area contributed by atoms with Crippen LogP contribution in [-0.2, 0) is 6.42 Å². The van der Waals surface area contributed by atoms with Crippen molar-refractivity contribution in [3.8, 4) is 5.75 Å². The van der Waals surface area contributed by atoms with Gasteiger partial charge < -0.3 is 15.2 Å². The second kappa shape index (κ2) is 6.31. The van der Waals surface area contributed by atoms with E-state index in [2.05, 4.69) is 14.9 Å². The number of aromatic nitrogens is 2. The molecule has 2 N–H and O–H groups in total. The lowest BCUT2D eigenvalue weighted by Gasteiger charge is -2.09. The lowest BCUT2D eigenvalue weighted by Crippen LogP contribution is -2.15. The molecule has 1 aromatic carbocycles. The Hall–Kier alpha value is -2.48. The van der Waals surface area contributed by atoms with Crippen molar-refractivity contribution in [1.29, 1.82) is 0 Å². The number of carboxylic acids is 1. The number of carbonyl (C=O) groups is 2. The topological polar surface area (TPSA) is 101 Å². The SMILES string of the molecule is CCc1nnsc1C(=O)Nc1cc(OC)ccc1C(=O)O. The number of hydrogen-bond acceptors (Lipinski definition) is 6. The number of carbonyl (C=O) groups excluding carboxylic acids is 1. The van der Waals surface area contributed by atoms with Gasteiger partial charge in [-0.1, -0.05) is 11.4 Å². The van der Waals surface area contributed by atoms with Crippen LogP contribution in [0.3, 0.4) is 0 Å². The molecule has 0 radical (unpaired) electrons. The van der Waals surface area contributed by atoms with Crippen LogP contribution in [-0.4, -0.2) is 33.7 Å². The van der Waals surface area contributed by atoms with Crippen LogP contribution in [0.15, 0.2) is 18.2 Å². The number of aromatic carboxylic acids is 1. The molecule has 110 valence electrons. The Labute approximate surface area is 124 Å². The van der Waals surface area contributed by atoms with Crippen LogP contribution in [0.1, 0.15) is 32.6 Å². The van der Waals surface area contributed by atoms with Crippen molar-refractivity contribution in [2.24, 2.45) is 0 Å². The van der Waals surface area contributed by atoms with Gasteiger partial charge in [0, 0.05) is 6.07 Å². The van der Waals surface area contributed by atoms with Gasteiger partial charge in [0.05, 0.1) is 24.1 Å². The third-order valence-corrected chi connectivity index (χ3v) is 3.57. The summed E-state index contributed by atoms with van der Waals surface area (Å²) >= 11 is 0.974. The van der Waals surface area contributed by atoms with Gasteiger partial charge in [0.15, 0.2) is 0 Å². The molecular weight excluding hydrogens is 294 g/mol. The molecule has 0 spiro atoms. The Morgan fingerprint density at radius 3 is 2.81 bits per heavy atom. The zero-order chi connectivity index (χ0) is 15.4. The molecule has 0 unspecified atom stereocenters. The highest BCUT2D eigenvalue weighted by Gasteiger charge is 2.18. The number of rotatable bonds is 5. The average molecular weight is 307 g/mol. The van der Waals surface area contributed by atoms with Crippen LogP contribution in [0, 0.1) is 0 Å². The minimum absolute atomic E-state index is 0.0142. The minimum Gasteiger partial charge on any atom is -0.497 e. The Morgan fingerprint density at radius 2 is 2.19 bits per heavy atom. The summed E-state index contributed by atoms with van der Waals surface area (Å²) in [6.45, 7) is 1.86. The molecule has 2 aromatic rings. The summed E-state index contributed by atoms with van der Waals surface area (Å²) in [5, 5.41) is 15.6. The summed E-state index contributed by atoms with van der Waals surface area (Å²) < 4.78 is 8.78.